The molecule has 1 heterocycles. The van der Waals surface area contributed by atoms with Crippen molar-refractivity contribution < 1.29 is 8.78 Å². The summed E-state index contributed by atoms with van der Waals surface area (Å²) in [7, 11) is 0. The first-order chi connectivity index (χ1) is 9.06. The summed E-state index contributed by atoms with van der Waals surface area (Å²) in [6, 6.07) is 2.28. The fourth-order valence-electron chi connectivity index (χ4n) is 2.06. The predicted molar refractivity (Wildman–Crippen MR) is 73.5 cm³/mol. The maximum absolute atomic E-state index is 14.3. The molecule has 1 aromatic carbocycles. The second-order valence-electron chi connectivity index (χ2n) is 4.38. The van der Waals surface area contributed by atoms with Crippen LogP contribution >= 0.6 is 11.3 Å². The van der Waals surface area contributed by atoms with Crippen molar-refractivity contribution in [3.8, 4) is 0 Å². The van der Waals surface area contributed by atoms with Crippen molar-refractivity contribution in [2.75, 3.05) is 6.54 Å². The van der Waals surface area contributed by atoms with E-state index >= 15 is 0 Å². The zero-order valence-electron chi connectivity index (χ0n) is 11.1. The SMILES string of the molecule is CCNC(c1scnc1C)c1c(F)ccc(C)c1F. The zero-order chi connectivity index (χ0) is 14.0. The van der Waals surface area contributed by atoms with Crippen LogP contribution in [0.25, 0.3) is 0 Å². The van der Waals surface area contributed by atoms with Crippen LogP contribution in [0.4, 0.5) is 8.78 Å². The second kappa shape index (κ2) is 5.75. The van der Waals surface area contributed by atoms with Crippen molar-refractivity contribution in [3.63, 3.8) is 0 Å². The summed E-state index contributed by atoms with van der Waals surface area (Å²) in [4.78, 5) is 5.01. The van der Waals surface area contributed by atoms with Crippen molar-refractivity contribution >= 4 is 11.3 Å². The first kappa shape index (κ1) is 14.1. The third-order valence-electron chi connectivity index (χ3n) is 3.06. The highest BCUT2D eigenvalue weighted by Gasteiger charge is 2.25. The molecule has 2 aromatic rings. The Labute approximate surface area is 115 Å². The molecule has 0 bridgehead atoms. The number of aromatic nitrogens is 1. The van der Waals surface area contributed by atoms with E-state index in [4.69, 9.17) is 0 Å². The normalized spacial score (nSPS) is 12.7. The monoisotopic (exact) mass is 282 g/mol. The molecule has 102 valence electrons. The van der Waals surface area contributed by atoms with E-state index < -0.39 is 17.7 Å². The van der Waals surface area contributed by atoms with Gasteiger partial charge < -0.3 is 5.32 Å². The maximum atomic E-state index is 14.3. The highest BCUT2D eigenvalue weighted by molar-refractivity contribution is 7.09. The van der Waals surface area contributed by atoms with Crippen LogP contribution in [0, 0.1) is 25.5 Å². The number of thiazole rings is 1. The van der Waals surface area contributed by atoms with Crippen LogP contribution in [-0.2, 0) is 0 Å². The summed E-state index contributed by atoms with van der Waals surface area (Å²) in [5, 5.41) is 3.14. The van der Waals surface area contributed by atoms with Crippen molar-refractivity contribution in [2.24, 2.45) is 0 Å². The minimum absolute atomic E-state index is 0.0780. The van der Waals surface area contributed by atoms with Crippen LogP contribution in [0.1, 0.15) is 34.7 Å². The minimum atomic E-state index is -0.526. The van der Waals surface area contributed by atoms with Crippen LogP contribution in [0.3, 0.4) is 0 Å². The van der Waals surface area contributed by atoms with Crippen molar-refractivity contribution in [1.82, 2.24) is 10.3 Å². The van der Waals surface area contributed by atoms with E-state index in [0.29, 0.717) is 12.1 Å². The Morgan fingerprint density at radius 1 is 1.32 bits per heavy atom. The first-order valence-corrected chi connectivity index (χ1v) is 7.02. The van der Waals surface area contributed by atoms with Gasteiger partial charge in [-0.15, -0.1) is 11.3 Å². The van der Waals surface area contributed by atoms with E-state index in [1.165, 1.54) is 23.5 Å². The predicted octanol–water partition coefficient (Wildman–Crippen LogP) is 3.74. The van der Waals surface area contributed by atoms with Crippen LogP contribution < -0.4 is 5.32 Å². The van der Waals surface area contributed by atoms with E-state index in [1.54, 1.807) is 12.4 Å². The molecule has 1 N–H and O–H groups in total. The smallest absolute Gasteiger partial charge is 0.134 e. The molecule has 0 saturated carbocycles. The summed E-state index contributed by atoms with van der Waals surface area (Å²) in [5.74, 6) is -1.01. The van der Waals surface area contributed by atoms with E-state index in [1.807, 2.05) is 13.8 Å². The summed E-state index contributed by atoms with van der Waals surface area (Å²) >= 11 is 1.41. The number of aryl methyl sites for hydroxylation is 2. The zero-order valence-corrected chi connectivity index (χ0v) is 11.9. The Kier molecular flexibility index (Phi) is 4.27. The van der Waals surface area contributed by atoms with Gasteiger partial charge >= 0.3 is 0 Å². The van der Waals surface area contributed by atoms with Gasteiger partial charge in [-0.25, -0.2) is 13.8 Å². The van der Waals surface area contributed by atoms with E-state index in [2.05, 4.69) is 10.3 Å². The lowest BCUT2D eigenvalue weighted by Crippen LogP contribution is -2.24. The van der Waals surface area contributed by atoms with Gasteiger partial charge in [0.05, 0.1) is 17.2 Å². The summed E-state index contributed by atoms with van der Waals surface area (Å²) in [5.41, 5.74) is 3.02. The highest BCUT2D eigenvalue weighted by Crippen LogP contribution is 2.32. The highest BCUT2D eigenvalue weighted by atomic mass is 32.1. The number of hydrogen-bond donors (Lipinski definition) is 1. The lowest BCUT2D eigenvalue weighted by atomic mass is 10.0. The van der Waals surface area contributed by atoms with E-state index in [9.17, 15) is 8.78 Å². The van der Waals surface area contributed by atoms with E-state index in [-0.39, 0.29) is 5.56 Å². The number of rotatable bonds is 4. The molecule has 0 aliphatic rings. The third-order valence-corrected chi connectivity index (χ3v) is 4.06. The largest absolute Gasteiger partial charge is 0.306 e. The molecule has 0 fully saturated rings. The average Bonchev–Trinajstić information content (AvgIpc) is 2.79. The summed E-state index contributed by atoms with van der Waals surface area (Å²) in [6.45, 7) is 6.02. The number of hydrogen-bond acceptors (Lipinski definition) is 3. The van der Waals surface area contributed by atoms with Gasteiger partial charge in [0.1, 0.15) is 11.6 Å². The van der Waals surface area contributed by atoms with Gasteiger partial charge in [0, 0.05) is 10.4 Å². The number of nitrogens with zero attached hydrogens (tertiary/aromatic N) is 1. The summed E-state index contributed by atoms with van der Waals surface area (Å²) in [6.07, 6.45) is 0. The molecule has 0 aliphatic carbocycles. The molecule has 19 heavy (non-hydrogen) atoms. The number of nitrogens with one attached hydrogen (secondary N) is 1. The van der Waals surface area contributed by atoms with Gasteiger partial charge in [0.2, 0.25) is 0 Å². The van der Waals surface area contributed by atoms with Crippen molar-refractivity contribution in [1.29, 1.82) is 0 Å². The topological polar surface area (TPSA) is 24.9 Å². The molecule has 1 atom stereocenters. The average molecular weight is 282 g/mol. The standard InChI is InChI=1S/C14H16F2N2S/c1-4-17-13(14-9(3)18-7-19-14)11-10(15)6-5-8(2)12(11)16/h5-7,13,17H,4H2,1-3H3. The molecule has 2 rings (SSSR count). The van der Waals surface area contributed by atoms with Crippen LogP contribution in [-0.4, -0.2) is 11.5 Å². The van der Waals surface area contributed by atoms with Crippen LogP contribution in [0.15, 0.2) is 17.6 Å². The Hall–Kier alpha value is -1.33. The quantitative estimate of drug-likeness (QED) is 0.924. The number of halogens is 2. The van der Waals surface area contributed by atoms with Crippen molar-refractivity contribution in [3.05, 3.63) is 51.0 Å². The van der Waals surface area contributed by atoms with Gasteiger partial charge in [-0.2, -0.15) is 0 Å². The maximum Gasteiger partial charge on any atom is 0.134 e. The molecule has 0 amide bonds. The van der Waals surface area contributed by atoms with Crippen LogP contribution in [0.2, 0.25) is 0 Å². The lowest BCUT2D eigenvalue weighted by molar-refractivity contribution is 0.508. The number of benzene rings is 1. The molecule has 0 aliphatic heterocycles. The van der Waals surface area contributed by atoms with Gasteiger partial charge in [0.15, 0.2) is 0 Å². The fraction of sp³-hybridized carbons (Fsp3) is 0.357. The minimum Gasteiger partial charge on any atom is -0.306 e. The Morgan fingerprint density at radius 2 is 2.05 bits per heavy atom. The molecule has 0 radical (unpaired) electrons. The van der Waals surface area contributed by atoms with E-state index in [0.717, 1.165) is 10.6 Å². The Bertz CT molecular complexity index is 581. The lowest BCUT2D eigenvalue weighted by Gasteiger charge is -2.19. The third kappa shape index (κ3) is 2.67. The van der Waals surface area contributed by atoms with Gasteiger partial charge in [-0.1, -0.05) is 13.0 Å². The first-order valence-electron chi connectivity index (χ1n) is 6.14. The second-order valence-corrected chi connectivity index (χ2v) is 5.27. The fourth-order valence-corrected chi connectivity index (χ4v) is 2.95. The van der Waals surface area contributed by atoms with Crippen LogP contribution in [0.5, 0.6) is 0 Å². The molecule has 5 heteroatoms. The van der Waals surface area contributed by atoms with Gasteiger partial charge in [0.25, 0.3) is 0 Å². The van der Waals surface area contributed by atoms with Crippen molar-refractivity contribution in [2.45, 2.75) is 26.8 Å². The molecule has 2 nitrogen and oxygen atoms in total. The van der Waals surface area contributed by atoms with Gasteiger partial charge in [-0.3, -0.25) is 0 Å². The molecular weight excluding hydrogens is 266 g/mol. The molecule has 1 aromatic heterocycles. The molecular formula is C14H16F2N2S. The molecule has 0 saturated heterocycles. The molecule has 0 spiro atoms. The molecule has 1 unspecified atom stereocenters. The Morgan fingerprint density at radius 3 is 2.63 bits per heavy atom. The Balaban J connectivity index is 2.57. The van der Waals surface area contributed by atoms with Gasteiger partial charge in [-0.05, 0) is 32.0 Å². The summed E-state index contributed by atoms with van der Waals surface area (Å²) < 4.78 is 28.3.